The molecule has 0 atom stereocenters. The summed E-state index contributed by atoms with van der Waals surface area (Å²) in [6, 6.07) is 0.457. The van der Waals surface area contributed by atoms with Gasteiger partial charge in [0.1, 0.15) is 19.5 Å². The summed E-state index contributed by atoms with van der Waals surface area (Å²) in [5, 5.41) is 16.3. The van der Waals surface area contributed by atoms with Crippen LogP contribution in [0.2, 0.25) is 0 Å². The molecule has 0 aromatic carbocycles. The van der Waals surface area contributed by atoms with Gasteiger partial charge in [0.15, 0.2) is 5.82 Å². The van der Waals surface area contributed by atoms with Crippen molar-refractivity contribution in [2.24, 2.45) is 0 Å². The molecule has 88 valence electrons. The van der Waals surface area contributed by atoms with Gasteiger partial charge in [0.2, 0.25) is 0 Å². The third kappa shape index (κ3) is 2.57. The number of rotatable bonds is 5. The Labute approximate surface area is 93.2 Å². The Morgan fingerprint density at radius 3 is 3.00 bits per heavy atom. The predicted octanol–water partition coefficient (Wildman–Crippen LogP) is 0.994. The molecule has 0 bridgehead atoms. The van der Waals surface area contributed by atoms with E-state index in [1.54, 1.807) is 6.33 Å². The smallest absolute Gasteiger partial charge is 0.329 e. The summed E-state index contributed by atoms with van der Waals surface area (Å²) in [7, 11) is 0. The van der Waals surface area contributed by atoms with Crippen molar-refractivity contribution in [3.8, 4) is 0 Å². The third-order valence-electron chi connectivity index (χ3n) is 2.82. The van der Waals surface area contributed by atoms with Crippen LogP contribution in [-0.2, 0) is 16.1 Å². The van der Waals surface area contributed by atoms with Crippen LogP contribution in [0.25, 0.3) is 0 Å². The average molecular weight is 225 g/mol. The number of nitrogens with zero attached hydrogens (tertiary/aromatic N) is 3. The minimum absolute atomic E-state index is 0.211. The predicted molar refractivity (Wildman–Crippen MR) is 54.8 cm³/mol. The number of carboxylic acids is 1. The minimum atomic E-state index is -0.966. The van der Waals surface area contributed by atoms with Crippen molar-refractivity contribution in [1.82, 2.24) is 14.8 Å². The average Bonchev–Trinajstić information content (AvgIpc) is 2.84. The molecular weight excluding hydrogens is 210 g/mol. The second-order valence-corrected chi connectivity index (χ2v) is 3.98. The number of hydrogen-bond acceptors (Lipinski definition) is 4. The van der Waals surface area contributed by atoms with Crippen molar-refractivity contribution in [1.29, 1.82) is 0 Å². The number of aliphatic carboxylic acids is 1. The largest absolute Gasteiger partial charge is 0.480 e. The van der Waals surface area contributed by atoms with Gasteiger partial charge in [0.25, 0.3) is 0 Å². The van der Waals surface area contributed by atoms with E-state index in [0.717, 1.165) is 12.8 Å². The first-order chi connectivity index (χ1) is 7.77. The molecule has 0 radical (unpaired) electrons. The molecule has 6 nitrogen and oxygen atoms in total. The second kappa shape index (κ2) is 5.07. The van der Waals surface area contributed by atoms with E-state index < -0.39 is 5.97 Å². The lowest BCUT2D eigenvalue weighted by atomic mass is 10.2. The molecule has 1 aromatic rings. The number of hydrogen-bond donors (Lipinski definition) is 1. The van der Waals surface area contributed by atoms with E-state index in [1.807, 2.05) is 4.57 Å². The first-order valence-electron chi connectivity index (χ1n) is 5.45. The fourth-order valence-corrected chi connectivity index (χ4v) is 2.09. The van der Waals surface area contributed by atoms with E-state index in [1.165, 1.54) is 12.8 Å². The number of ether oxygens (including phenoxy) is 1. The van der Waals surface area contributed by atoms with Gasteiger partial charge in [-0.3, -0.25) is 0 Å². The molecule has 1 aliphatic rings. The van der Waals surface area contributed by atoms with Gasteiger partial charge in [-0.25, -0.2) is 4.79 Å². The molecule has 1 fully saturated rings. The Kier molecular flexibility index (Phi) is 3.51. The number of carbonyl (C=O) groups is 1. The van der Waals surface area contributed by atoms with Gasteiger partial charge in [-0.2, -0.15) is 0 Å². The van der Waals surface area contributed by atoms with Gasteiger partial charge in [-0.05, 0) is 12.8 Å². The summed E-state index contributed by atoms with van der Waals surface area (Å²) in [6.07, 6.45) is 6.46. The Bertz CT molecular complexity index is 358. The highest BCUT2D eigenvalue weighted by Crippen LogP contribution is 2.29. The van der Waals surface area contributed by atoms with E-state index in [9.17, 15) is 4.79 Å². The quantitative estimate of drug-likeness (QED) is 0.808. The molecule has 1 heterocycles. The van der Waals surface area contributed by atoms with Crippen molar-refractivity contribution in [2.45, 2.75) is 38.3 Å². The standard InChI is InChI=1S/C10H15N3O3/c14-10(15)6-16-5-9-12-11-7-13(9)8-3-1-2-4-8/h7-8H,1-6H2,(H,14,15). The van der Waals surface area contributed by atoms with Crippen molar-refractivity contribution in [3.63, 3.8) is 0 Å². The molecule has 0 saturated heterocycles. The molecule has 2 rings (SSSR count). The van der Waals surface area contributed by atoms with Gasteiger partial charge in [0.05, 0.1) is 0 Å². The highest BCUT2D eigenvalue weighted by Gasteiger charge is 2.19. The van der Waals surface area contributed by atoms with Crippen LogP contribution >= 0.6 is 0 Å². The van der Waals surface area contributed by atoms with Gasteiger partial charge >= 0.3 is 5.97 Å². The Balaban J connectivity index is 1.93. The van der Waals surface area contributed by atoms with Crippen molar-refractivity contribution in [2.75, 3.05) is 6.61 Å². The Morgan fingerprint density at radius 1 is 1.56 bits per heavy atom. The van der Waals surface area contributed by atoms with Crippen LogP contribution in [0, 0.1) is 0 Å². The molecule has 0 spiro atoms. The zero-order chi connectivity index (χ0) is 11.4. The lowest BCUT2D eigenvalue weighted by Crippen LogP contribution is -2.12. The molecule has 1 aromatic heterocycles. The van der Waals surface area contributed by atoms with Crippen LogP contribution in [-0.4, -0.2) is 32.4 Å². The molecular formula is C10H15N3O3. The fraction of sp³-hybridized carbons (Fsp3) is 0.700. The van der Waals surface area contributed by atoms with E-state index in [-0.39, 0.29) is 13.2 Å². The molecule has 1 N–H and O–H groups in total. The maximum atomic E-state index is 10.3. The van der Waals surface area contributed by atoms with Crippen molar-refractivity contribution >= 4 is 5.97 Å². The Morgan fingerprint density at radius 2 is 2.31 bits per heavy atom. The summed E-state index contributed by atoms with van der Waals surface area (Å²) in [4.78, 5) is 10.3. The highest BCUT2D eigenvalue weighted by atomic mass is 16.5. The van der Waals surface area contributed by atoms with Gasteiger partial charge in [0, 0.05) is 6.04 Å². The minimum Gasteiger partial charge on any atom is -0.480 e. The summed E-state index contributed by atoms with van der Waals surface area (Å²) < 4.78 is 7.03. The summed E-state index contributed by atoms with van der Waals surface area (Å²) in [5.41, 5.74) is 0. The van der Waals surface area contributed by atoms with Crippen LogP contribution in [0.5, 0.6) is 0 Å². The highest BCUT2D eigenvalue weighted by molar-refractivity contribution is 5.67. The number of aromatic nitrogens is 3. The summed E-state index contributed by atoms with van der Waals surface area (Å²) in [5.74, 6) is -0.250. The SMILES string of the molecule is O=C(O)COCc1nncn1C1CCCC1. The van der Waals surface area contributed by atoms with Crippen LogP contribution in [0.1, 0.15) is 37.5 Å². The van der Waals surface area contributed by atoms with Crippen LogP contribution in [0.3, 0.4) is 0 Å². The second-order valence-electron chi connectivity index (χ2n) is 3.98. The zero-order valence-electron chi connectivity index (χ0n) is 9.00. The number of carboxylic acid groups (broad SMARTS) is 1. The van der Waals surface area contributed by atoms with Gasteiger partial charge in [-0.1, -0.05) is 12.8 Å². The summed E-state index contributed by atoms with van der Waals surface area (Å²) in [6.45, 7) is -0.0830. The molecule has 6 heteroatoms. The normalized spacial score (nSPS) is 16.8. The van der Waals surface area contributed by atoms with Crippen LogP contribution < -0.4 is 0 Å². The third-order valence-corrected chi connectivity index (χ3v) is 2.82. The van der Waals surface area contributed by atoms with Crippen LogP contribution in [0.4, 0.5) is 0 Å². The fourth-order valence-electron chi connectivity index (χ4n) is 2.09. The molecule has 0 unspecified atom stereocenters. The topological polar surface area (TPSA) is 77.2 Å². The van der Waals surface area contributed by atoms with E-state index in [2.05, 4.69) is 10.2 Å². The maximum absolute atomic E-state index is 10.3. The van der Waals surface area contributed by atoms with Crippen molar-refractivity contribution in [3.05, 3.63) is 12.2 Å². The lowest BCUT2D eigenvalue weighted by molar-refractivity contribution is -0.142. The molecule has 0 aliphatic heterocycles. The van der Waals surface area contributed by atoms with Gasteiger partial charge < -0.3 is 14.4 Å². The van der Waals surface area contributed by atoms with Gasteiger partial charge in [-0.15, -0.1) is 10.2 Å². The summed E-state index contributed by atoms with van der Waals surface area (Å²) >= 11 is 0. The van der Waals surface area contributed by atoms with Crippen LogP contribution in [0.15, 0.2) is 6.33 Å². The first-order valence-corrected chi connectivity index (χ1v) is 5.45. The first kappa shape index (κ1) is 11.1. The maximum Gasteiger partial charge on any atom is 0.329 e. The van der Waals surface area contributed by atoms with E-state index in [0.29, 0.717) is 11.9 Å². The Hall–Kier alpha value is -1.43. The zero-order valence-corrected chi connectivity index (χ0v) is 9.00. The van der Waals surface area contributed by atoms with Crippen molar-refractivity contribution < 1.29 is 14.6 Å². The lowest BCUT2D eigenvalue weighted by Gasteiger charge is -2.13. The van der Waals surface area contributed by atoms with E-state index in [4.69, 9.17) is 9.84 Å². The molecule has 1 saturated carbocycles. The van der Waals surface area contributed by atoms with E-state index >= 15 is 0 Å². The molecule has 1 aliphatic carbocycles. The molecule has 0 amide bonds. The molecule has 16 heavy (non-hydrogen) atoms. The monoisotopic (exact) mass is 225 g/mol.